The van der Waals surface area contributed by atoms with Gasteiger partial charge >= 0.3 is 0 Å². The molecule has 0 saturated heterocycles. The Labute approximate surface area is 148 Å². The minimum absolute atomic E-state index is 0.0402. The van der Waals surface area contributed by atoms with Gasteiger partial charge in [-0.05, 0) is 48.6 Å². The van der Waals surface area contributed by atoms with Gasteiger partial charge < -0.3 is 5.73 Å². The summed E-state index contributed by atoms with van der Waals surface area (Å²) in [6, 6.07) is 22.5. The van der Waals surface area contributed by atoms with Gasteiger partial charge in [0.25, 0.3) is 0 Å². The van der Waals surface area contributed by atoms with Gasteiger partial charge in [-0.3, -0.25) is 4.79 Å². The fourth-order valence-electron chi connectivity index (χ4n) is 2.86. The number of nitrogen functional groups attached to an aromatic ring is 1. The summed E-state index contributed by atoms with van der Waals surface area (Å²) in [5.74, 6) is 0.363. The number of hydrogen-bond acceptors (Lipinski definition) is 3. The summed E-state index contributed by atoms with van der Waals surface area (Å²) in [7, 11) is 0. The van der Waals surface area contributed by atoms with E-state index in [0.717, 1.165) is 17.7 Å². The van der Waals surface area contributed by atoms with Crippen molar-refractivity contribution in [3.8, 4) is 0 Å². The zero-order valence-electron chi connectivity index (χ0n) is 14.4. The molecule has 0 aliphatic heterocycles. The van der Waals surface area contributed by atoms with Crippen LogP contribution in [0.1, 0.15) is 39.2 Å². The Balaban J connectivity index is 1.59. The third-order valence-electron chi connectivity index (χ3n) is 4.28. The molecule has 0 unspecified atom stereocenters. The topological polar surface area (TPSA) is 56.0 Å². The van der Waals surface area contributed by atoms with E-state index in [-0.39, 0.29) is 5.78 Å². The Morgan fingerprint density at radius 1 is 0.880 bits per heavy atom. The normalized spacial score (nSPS) is 10.6. The maximum absolute atomic E-state index is 12.3. The zero-order valence-corrected chi connectivity index (χ0v) is 14.4. The Bertz CT molecular complexity index is 855. The van der Waals surface area contributed by atoms with E-state index in [1.165, 1.54) is 11.1 Å². The van der Waals surface area contributed by atoms with Crippen molar-refractivity contribution in [2.75, 3.05) is 5.73 Å². The molecule has 25 heavy (non-hydrogen) atoms. The zero-order chi connectivity index (χ0) is 17.6. The van der Waals surface area contributed by atoms with Crippen LogP contribution in [0.2, 0.25) is 0 Å². The van der Waals surface area contributed by atoms with E-state index in [9.17, 15) is 4.79 Å². The fourth-order valence-corrected chi connectivity index (χ4v) is 2.86. The lowest BCUT2D eigenvalue weighted by molar-refractivity contribution is 0.0983. The van der Waals surface area contributed by atoms with Crippen molar-refractivity contribution in [1.29, 1.82) is 0 Å². The molecule has 3 aromatic rings. The number of aromatic nitrogens is 1. The first kappa shape index (κ1) is 16.9. The van der Waals surface area contributed by atoms with Gasteiger partial charge in [0.15, 0.2) is 5.78 Å². The van der Waals surface area contributed by atoms with Crippen molar-refractivity contribution in [3.63, 3.8) is 0 Å². The molecule has 0 saturated carbocycles. The third-order valence-corrected chi connectivity index (χ3v) is 4.28. The van der Waals surface area contributed by atoms with Crippen LogP contribution in [-0.4, -0.2) is 10.8 Å². The molecule has 0 aliphatic carbocycles. The van der Waals surface area contributed by atoms with Gasteiger partial charge in [0.2, 0.25) is 0 Å². The van der Waals surface area contributed by atoms with Crippen LogP contribution in [0.5, 0.6) is 0 Å². The van der Waals surface area contributed by atoms with Crippen LogP contribution in [0.15, 0.2) is 66.7 Å². The molecule has 0 amide bonds. The smallest absolute Gasteiger partial charge is 0.166 e. The summed E-state index contributed by atoms with van der Waals surface area (Å²) in [5.41, 5.74) is 10.9. The predicted molar refractivity (Wildman–Crippen MR) is 102 cm³/mol. The summed E-state index contributed by atoms with van der Waals surface area (Å²) < 4.78 is 0. The molecule has 0 fully saturated rings. The average Bonchev–Trinajstić information content (AvgIpc) is 2.62. The van der Waals surface area contributed by atoms with Crippen molar-refractivity contribution < 1.29 is 4.79 Å². The summed E-state index contributed by atoms with van der Waals surface area (Å²) in [5, 5.41) is 0. The number of ketones is 1. The molecule has 2 N–H and O–H groups in total. The first-order valence-corrected chi connectivity index (χ1v) is 8.50. The van der Waals surface area contributed by atoms with Crippen molar-refractivity contribution in [3.05, 3.63) is 94.7 Å². The number of rotatable bonds is 6. The minimum Gasteiger partial charge on any atom is -0.383 e. The Hall–Kier alpha value is -2.94. The number of aryl methyl sites for hydroxylation is 2. The van der Waals surface area contributed by atoms with E-state index in [1.54, 1.807) is 6.07 Å². The molecule has 0 bridgehead atoms. The van der Waals surface area contributed by atoms with Gasteiger partial charge in [-0.25, -0.2) is 4.98 Å². The highest BCUT2D eigenvalue weighted by atomic mass is 16.1. The maximum atomic E-state index is 12.3. The first-order chi connectivity index (χ1) is 12.1. The van der Waals surface area contributed by atoms with Crippen LogP contribution in [0, 0.1) is 6.92 Å². The molecule has 3 rings (SSSR count). The van der Waals surface area contributed by atoms with Crippen molar-refractivity contribution in [2.45, 2.75) is 26.2 Å². The largest absolute Gasteiger partial charge is 0.383 e. The number of carbonyl (C=O) groups excluding carboxylic acids is 1. The summed E-state index contributed by atoms with van der Waals surface area (Å²) in [4.78, 5) is 16.5. The molecule has 0 atom stereocenters. The van der Waals surface area contributed by atoms with E-state index in [4.69, 9.17) is 5.73 Å². The fraction of sp³-hybridized carbons (Fsp3) is 0.182. The van der Waals surface area contributed by atoms with Crippen LogP contribution in [0.25, 0.3) is 0 Å². The van der Waals surface area contributed by atoms with E-state index in [1.807, 2.05) is 19.1 Å². The molecule has 126 valence electrons. The van der Waals surface area contributed by atoms with Gasteiger partial charge in [-0.15, -0.1) is 0 Å². The van der Waals surface area contributed by atoms with Gasteiger partial charge in [0, 0.05) is 12.1 Å². The monoisotopic (exact) mass is 330 g/mol. The predicted octanol–water partition coefficient (Wildman–Crippen LogP) is 4.38. The molecule has 0 spiro atoms. The number of nitrogens with two attached hydrogens (primary N) is 1. The lowest BCUT2D eigenvalue weighted by atomic mass is 10.00. The SMILES string of the molecule is Cc1ccc(C(=O)CCc2ccc(Cc3ccccc3)cc2)c(N)n1. The molecule has 3 nitrogen and oxygen atoms in total. The van der Waals surface area contributed by atoms with Gasteiger partial charge in [-0.2, -0.15) is 0 Å². The van der Waals surface area contributed by atoms with Crippen molar-refractivity contribution in [2.24, 2.45) is 0 Å². The minimum atomic E-state index is 0.0402. The highest BCUT2D eigenvalue weighted by Gasteiger charge is 2.11. The van der Waals surface area contributed by atoms with Crippen LogP contribution in [0.3, 0.4) is 0 Å². The quantitative estimate of drug-likeness (QED) is 0.682. The summed E-state index contributed by atoms with van der Waals surface area (Å²) in [6.45, 7) is 1.86. The van der Waals surface area contributed by atoms with Crippen LogP contribution in [-0.2, 0) is 12.8 Å². The molecule has 1 heterocycles. The second-order valence-corrected chi connectivity index (χ2v) is 6.29. The standard InChI is InChI=1S/C22H22N2O/c1-16-7-13-20(22(23)24-16)21(25)14-12-17-8-10-19(11-9-17)15-18-5-3-2-4-6-18/h2-11,13H,12,14-15H2,1H3,(H2,23,24). The molecule has 1 aromatic heterocycles. The highest BCUT2D eigenvalue weighted by molar-refractivity contribution is 6.00. The second kappa shape index (κ2) is 7.75. The molecule has 0 radical (unpaired) electrons. The highest BCUT2D eigenvalue weighted by Crippen LogP contribution is 2.15. The Kier molecular flexibility index (Phi) is 5.24. The molecule has 2 aromatic carbocycles. The lowest BCUT2D eigenvalue weighted by Gasteiger charge is -2.06. The first-order valence-electron chi connectivity index (χ1n) is 8.50. The Morgan fingerprint density at radius 3 is 2.20 bits per heavy atom. The molecule has 0 aliphatic rings. The molecular formula is C22H22N2O. The number of anilines is 1. The van der Waals surface area contributed by atoms with E-state index >= 15 is 0 Å². The average molecular weight is 330 g/mol. The van der Waals surface area contributed by atoms with Crippen LogP contribution in [0.4, 0.5) is 5.82 Å². The van der Waals surface area contributed by atoms with E-state index < -0.39 is 0 Å². The van der Waals surface area contributed by atoms with Crippen molar-refractivity contribution in [1.82, 2.24) is 4.98 Å². The number of nitrogens with zero attached hydrogens (tertiary/aromatic N) is 1. The number of Topliss-reactive ketones (excluding diaryl/α,β-unsaturated/α-hetero) is 1. The van der Waals surface area contributed by atoms with E-state index in [0.29, 0.717) is 24.2 Å². The van der Waals surface area contributed by atoms with Gasteiger partial charge in [0.1, 0.15) is 5.82 Å². The number of carbonyl (C=O) groups is 1. The third kappa shape index (κ3) is 4.54. The second-order valence-electron chi connectivity index (χ2n) is 6.29. The van der Waals surface area contributed by atoms with E-state index in [2.05, 4.69) is 53.5 Å². The van der Waals surface area contributed by atoms with Gasteiger partial charge in [0.05, 0.1) is 5.56 Å². The number of benzene rings is 2. The number of hydrogen-bond donors (Lipinski definition) is 1. The summed E-state index contributed by atoms with van der Waals surface area (Å²) >= 11 is 0. The molecule has 3 heteroatoms. The maximum Gasteiger partial charge on any atom is 0.166 e. The van der Waals surface area contributed by atoms with Crippen molar-refractivity contribution >= 4 is 11.6 Å². The number of pyridine rings is 1. The molecular weight excluding hydrogens is 308 g/mol. The lowest BCUT2D eigenvalue weighted by Crippen LogP contribution is -2.07. The van der Waals surface area contributed by atoms with Crippen LogP contribution < -0.4 is 5.73 Å². The Morgan fingerprint density at radius 2 is 1.52 bits per heavy atom. The van der Waals surface area contributed by atoms with Gasteiger partial charge in [-0.1, -0.05) is 54.6 Å². The summed E-state index contributed by atoms with van der Waals surface area (Å²) in [6.07, 6.45) is 2.07. The van der Waals surface area contributed by atoms with Crippen LogP contribution >= 0.6 is 0 Å².